The van der Waals surface area contributed by atoms with Gasteiger partial charge in [0.1, 0.15) is 11.6 Å². The van der Waals surface area contributed by atoms with Gasteiger partial charge in [-0.3, -0.25) is 9.48 Å². The number of aromatic nitrogens is 4. The van der Waals surface area contributed by atoms with Gasteiger partial charge in [-0.1, -0.05) is 18.2 Å². The maximum atomic E-state index is 12.9. The van der Waals surface area contributed by atoms with Crippen LogP contribution in [0.4, 0.5) is 11.5 Å². The maximum Gasteiger partial charge on any atom is 0.227 e. The van der Waals surface area contributed by atoms with E-state index in [4.69, 9.17) is 4.98 Å². The summed E-state index contributed by atoms with van der Waals surface area (Å²) in [6.07, 6.45) is 5.46. The average Bonchev–Trinajstić information content (AvgIpc) is 3.32. The highest BCUT2D eigenvalue weighted by atomic mass is 16.2. The third kappa shape index (κ3) is 3.24. The van der Waals surface area contributed by atoms with Crippen LogP contribution >= 0.6 is 0 Å². The molecule has 0 saturated carbocycles. The minimum atomic E-state index is 0.265. The number of aryl methyl sites for hydroxylation is 2. The second kappa shape index (κ2) is 7.13. The Morgan fingerprint density at radius 3 is 2.76 bits per heavy atom. The summed E-state index contributed by atoms with van der Waals surface area (Å²) >= 11 is 0. The van der Waals surface area contributed by atoms with Crippen LogP contribution in [0.3, 0.4) is 0 Å². The van der Waals surface area contributed by atoms with Crippen LogP contribution in [0.25, 0.3) is 11.0 Å². The molecule has 1 amide bonds. The number of hydrogen-bond donors (Lipinski definition) is 0. The van der Waals surface area contributed by atoms with Crippen molar-refractivity contribution in [3.63, 3.8) is 0 Å². The van der Waals surface area contributed by atoms with Crippen molar-refractivity contribution in [1.29, 1.82) is 0 Å². The molecule has 1 saturated heterocycles. The number of carbonyl (C=O) groups excluding carboxylic acids is 1. The van der Waals surface area contributed by atoms with Crippen LogP contribution in [0.5, 0.6) is 0 Å². The maximum absolute atomic E-state index is 12.9. The van der Waals surface area contributed by atoms with E-state index in [2.05, 4.69) is 33.2 Å². The Labute approximate surface area is 170 Å². The third-order valence-corrected chi connectivity index (χ3v) is 6.25. The van der Waals surface area contributed by atoms with E-state index in [1.54, 1.807) is 4.68 Å². The Kier molecular flexibility index (Phi) is 4.45. The quantitative estimate of drug-likeness (QED) is 0.688. The predicted octanol–water partition coefficient (Wildman–Crippen LogP) is 2.87. The third-order valence-electron chi connectivity index (χ3n) is 6.25. The fourth-order valence-corrected chi connectivity index (χ4v) is 4.66. The summed E-state index contributed by atoms with van der Waals surface area (Å²) in [4.78, 5) is 26.5. The minimum Gasteiger partial charge on any atom is -0.356 e. The molecule has 7 nitrogen and oxygen atoms in total. The number of piperidine rings is 1. The van der Waals surface area contributed by atoms with Crippen molar-refractivity contribution in [2.24, 2.45) is 13.0 Å². The lowest BCUT2D eigenvalue weighted by Crippen LogP contribution is -2.37. The number of nitrogens with zero attached hydrogens (tertiary/aromatic N) is 6. The molecule has 2 aromatic heterocycles. The van der Waals surface area contributed by atoms with Crippen LogP contribution in [-0.2, 0) is 18.3 Å². The summed E-state index contributed by atoms with van der Waals surface area (Å²) in [7, 11) is 1.91. The molecule has 2 aliphatic rings. The summed E-state index contributed by atoms with van der Waals surface area (Å²) in [5.74, 6) is 2.43. The SMILES string of the molecule is Cc1nc(N2CCC(CC(=O)N3CCc4ccccc43)CC2)c2cnn(C)c2n1. The van der Waals surface area contributed by atoms with Crippen LogP contribution in [0.15, 0.2) is 30.5 Å². The van der Waals surface area contributed by atoms with E-state index >= 15 is 0 Å². The van der Waals surface area contributed by atoms with Gasteiger partial charge in [-0.2, -0.15) is 5.10 Å². The summed E-state index contributed by atoms with van der Waals surface area (Å²) < 4.78 is 1.80. The summed E-state index contributed by atoms with van der Waals surface area (Å²) in [6.45, 7) is 4.56. The lowest BCUT2D eigenvalue weighted by atomic mass is 9.93. The normalized spacial score (nSPS) is 17.2. The van der Waals surface area contributed by atoms with E-state index < -0.39 is 0 Å². The van der Waals surface area contributed by atoms with Gasteiger partial charge in [-0.25, -0.2) is 9.97 Å². The summed E-state index contributed by atoms with van der Waals surface area (Å²) in [6, 6.07) is 8.27. The van der Waals surface area contributed by atoms with E-state index in [9.17, 15) is 4.79 Å². The van der Waals surface area contributed by atoms with E-state index in [0.29, 0.717) is 12.3 Å². The zero-order valence-corrected chi connectivity index (χ0v) is 17.0. The zero-order chi connectivity index (χ0) is 20.0. The topological polar surface area (TPSA) is 67.2 Å². The fourth-order valence-electron chi connectivity index (χ4n) is 4.66. The highest BCUT2D eigenvalue weighted by Crippen LogP contribution is 2.32. The first kappa shape index (κ1) is 18.1. The fraction of sp³-hybridized carbons (Fsp3) is 0.455. The molecule has 0 aliphatic carbocycles. The molecule has 0 spiro atoms. The van der Waals surface area contributed by atoms with E-state index in [1.807, 2.05) is 31.1 Å². The first-order chi connectivity index (χ1) is 14.1. The predicted molar refractivity (Wildman–Crippen MR) is 113 cm³/mol. The summed E-state index contributed by atoms with van der Waals surface area (Å²) in [5, 5.41) is 5.35. The largest absolute Gasteiger partial charge is 0.356 e. The molecule has 7 heteroatoms. The van der Waals surface area contributed by atoms with Crippen LogP contribution in [0, 0.1) is 12.8 Å². The van der Waals surface area contributed by atoms with Gasteiger partial charge in [0.15, 0.2) is 5.65 Å². The molecule has 0 radical (unpaired) electrons. The first-order valence-corrected chi connectivity index (χ1v) is 10.4. The molecule has 29 heavy (non-hydrogen) atoms. The average molecular weight is 390 g/mol. The van der Waals surface area contributed by atoms with Gasteiger partial charge >= 0.3 is 0 Å². The van der Waals surface area contributed by atoms with Crippen molar-refractivity contribution in [3.8, 4) is 0 Å². The zero-order valence-electron chi connectivity index (χ0n) is 17.0. The van der Waals surface area contributed by atoms with Gasteiger partial charge in [0.2, 0.25) is 5.91 Å². The molecule has 0 atom stereocenters. The molecular formula is C22H26N6O. The Bertz CT molecular complexity index is 1070. The lowest BCUT2D eigenvalue weighted by Gasteiger charge is -2.33. The van der Waals surface area contributed by atoms with Gasteiger partial charge in [0.25, 0.3) is 0 Å². The molecule has 2 aliphatic heterocycles. The van der Waals surface area contributed by atoms with Crippen molar-refractivity contribution in [2.75, 3.05) is 29.4 Å². The number of anilines is 2. The van der Waals surface area contributed by atoms with Gasteiger partial charge in [0.05, 0.1) is 11.6 Å². The second-order valence-corrected chi connectivity index (χ2v) is 8.16. The number of carbonyl (C=O) groups is 1. The van der Waals surface area contributed by atoms with Crippen LogP contribution < -0.4 is 9.80 Å². The molecule has 0 unspecified atom stereocenters. The number of hydrogen-bond acceptors (Lipinski definition) is 5. The van der Waals surface area contributed by atoms with Crippen molar-refractivity contribution in [3.05, 3.63) is 41.9 Å². The smallest absolute Gasteiger partial charge is 0.227 e. The molecule has 3 aromatic rings. The van der Waals surface area contributed by atoms with E-state index in [0.717, 1.165) is 67.3 Å². The van der Waals surface area contributed by atoms with Gasteiger partial charge in [0, 0.05) is 38.8 Å². The monoisotopic (exact) mass is 390 g/mol. The molecule has 4 heterocycles. The molecule has 150 valence electrons. The van der Waals surface area contributed by atoms with E-state index in [1.165, 1.54) is 5.56 Å². The molecule has 1 aromatic carbocycles. The number of fused-ring (bicyclic) bond motifs is 2. The Morgan fingerprint density at radius 1 is 1.14 bits per heavy atom. The number of rotatable bonds is 3. The Hall–Kier alpha value is -2.96. The van der Waals surface area contributed by atoms with Gasteiger partial charge < -0.3 is 9.80 Å². The van der Waals surface area contributed by atoms with Crippen molar-refractivity contribution in [1.82, 2.24) is 19.7 Å². The highest BCUT2D eigenvalue weighted by molar-refractivity contribution is 5.95. The van der Waals surface area contributed by atoms with Crippen molar-refractivity contribution in [2.45, 2.75) is 32.6 Å². The van der Waals surface area contributed by atoms with Crippen molar-refractivity contribution >= 4 is 28.4 Å². The molecule has 5 rings (SSSR count). The first-order valence-electron chi connectivity index (χ1n) is 10.4. The number of benzene rings is 1. The highest BCUT2D eigenvalue weighted by Gasteiger charge is 2.29. The Morgan fingerprint density at radius 2 is 1.93 bits per heavy atom. The Balaban J connectivity index is 1.25. The number of amides is 1. The van der Waals surface area contributed by atoms with Crippen LogP contribution in [0.1, 0.15) is 30.7 Å². The second-order valence-electron chi connectivity index (χ2n) is 8.16. The van der Waals surface area contributed by atoms with Crippen LogP contribution in [-0.4, -0.2) is 45.3 Å². The summed E-state index contributed by atoms with van der Waals surface area (Å²) in [5.41, 5.74) is 3.26. The molecule has 1 fully saturated rings. The van der Waals surface area contributed by atoms with Gasteiger partial charge in [-0.05, 0) is 43.7 Å². The minimum absolute atomic E-state index is 0.265. The van der Waals surface area contributed by atoms with E-state index in [-0.39, 0.29) is 5.91 Å². The molecular weight excluding hydrogens is 364 g/mol. The lowest BCUT2D eigenvalue weighted by molar-refractivity contribution is -0.119. The number of para-hydroxylation sites is 1. The van der Waals surface area contributed by atoms with Gasteiger partial charge in [-0.15, -0.1) is 0 Å². The van der Waals surface area contributed by atoms with Crippen molar-refractivity contribution < 1.29 is 4.79 Å². The standard InChI is InChI=1S/C22H26N6O/c1-15-24-21-18(14-23-26(21)2)22(25-15)27-10-7-16(8-11-27)13-20(29)28-12-9-17-5-3-4-6-19(17)28/h3-6,14,16H,7-13H2,1-2H3. The molecule has 0 N–H and O–H groups in total. The van der Waals surface area contributed by atoms with Crippen LogP contribution in [0.2, 0.25) is 0 Å². The molecule has 0 bridgehead atoms.